The summed E-state index contributed by atoms with van der Waals surface area (Å²) in [7, 11) is 3.25. The summed E-state index contributed by atoms with van der Waals surface area (Å²) in [5.41, 5.74) is 1.57. The normalized spacial score (nSPS) is 9.20. The number of methoxy groups -OCH3 is 1. The van der Waals surface area contributed by atoms with Crippen molar-refractivity contribution in [1.82, 2.24) is 0 Å². The van der Waals surface area contributed by atoms with E-state index in [4.69, 9.17) is 10.4 Å². The molecule has 1 aromatic carbocycles. The Hall–Kier alpha value is -1.63. The van der Waals surface area contributed by atoms with E-state index in [1.807, 2.05) is 18.2 Å². The Balaban J connectivity index is 0.000000583. The molecular formula is C12H15NO2. The molecule has 0 aliphatic rings. The summed E-state index contributed by atoms with van der Waals surface area (Å²) in [4.78, 5) is 0. The maximum Gasteiger partial charge on any atom is 0.0991 e. The molecular weight excluding hydrogens is 190 g/mol. The molecule has 0 heterocycles. The van der Waals surface area contributed by atoms with Crippen molar-refractivity contribution in [3.8, 4) is 6.07 Å². The number of nitrogens with zero attached hydrogens (tertiary/aromatic N) is 1. The van der Waals surface area contributed by atoms with E-state index in [1.54, 1.807) is 38.5 Å². The Morgan fingerprint density at radius 3 is 2.67 bits per heavy atom. The third-order valence-electron chi connectivity index (χ3n) is 1.43. The van der Waals surface area contributed by atoms with Gasteiger partial charge in [0.25, 0.3) is 0 Å². The Morgan fingerprint density at radius 2 is 2.13 bits per heavy atom. The predicted octanol–water partition coefficient (Wildman–Crippen LogP) is 1.83. The zero-order chi connectivity index (χ0) is 11.5. The molecule has 1 aromatic rings. The van der Waals surface area contributed by atoms with Crippen molar-refractivity contribution in [3.63, 3.8) is 0 Å². The summed E-state index contributed by atoms with van der Waals surface area (Å²) >= 11 is 0. The van der Waals surface area contributed by atoms with Gasteiger partial charge < -0.3 is 9.84 Å². The summed E-state index contributed by atoms with van der Waals surface area (Å²) in [6.45, 7) is 0.0246. The van der Waals surface area contributed by atoms with E-state index in [1.165, 1.54) is 0 Å². The zero-order valence-electron chi connectivity index (χ0n) is 8.97. The minimum Gasteiger partial charge on any atom is -0.392 e. The molecule has 0 aromatic heterocycles. The van der Waals surface area contributed by atoms with Crippen LogP contribution in [0.2, 0.25) is 0 Å². The van der Waals surface area contributed by atoms with Crippen LogP contribution < -0.4 is 0 Å². The lowest BCUT2D eigenvalue weighted by molar-refractivity contribution is 0.277. The van der Waals surface area contributed by atoms with E-state index < -0.39 is 0 Å². The van der Waals surface area contributed by atoms with Crippen LogP contribution in [-0.2, 0) is 4.74 Å². The van der Waals surface area contributed by atoms with Crippen LogP contribution in [0.25, 0.3) is 6.08 Å². The highest BCUT2D eigenvalue weighted by atomic mass is 16.4. The summed E-state index contributed by atoms with van der Waals surface area (Å²) in [5.74, 6) is 0. The standard InChI is InChI=1S/C10H9NO.C2H6O/c11-8-10-4-1-3-9(7-10)5-2-6-12;1-3-2/h1-5,7,12H,6H2;1-2H3. The number of hydrogen-bond donors (Lipinski definition) is 1. The van der Waals surface area contributed by atoms with E-state index in [0.29, 0.717) is 5.56 Å². The van der Waals surface area contributed by atoms with E-state index in [0.717, 1.165) is 5.56 Å². The number of hydrogen-bond acceptors (Lipinski definition) is 3. The minimum absolute atomic E-state index is 0.0246. The average Bonchev–Trinajstić information content (AvgIpc) is 2.28. The van der Waals surface area contributed by atoms with Crippen LogP contribution in [0, 0.1) is 11.3 Å². The van der Waals surface area contributed by atoms with Crippen molar-refractivity contribution in [2.45, 2.75) is 0 Å². The Labute approximate surface area is 90.2 Å². The molecule has 1 N–H and O–H groups in total. The maximum atomic E-state index is 8.56. The van der Waals surface area contributed by atoms with Gasteiger partial charge in [0.1, 0.15) is 0 Å². The van der Waals surface area contributed by atoms with Gasteiger partial charge in [-0.1, -0.05) is 24.3 Å². The highest BCUT2D eigenvalue weighted by molar-refractivity contribution is 5.52. The van der Waals surface area contributed by atoms with Gasteiger partial charge in [-0.05, 0) is 17.7 Å². The van der Waals surface area contributed by atoms with Crippen LogP contribution in [0.3, 0.4) is 0 Å². The van der Waals surface area contributed by atoms with Gasteiger partial charge in [-0.2, -0.15) is 5.26 Å². The second-order valence-corrected chi connectivity index (χ2v) is 2.73. The first-order valence-electron chi connectivity index (χ1n) is 4.46. The average molecular weight is 205 g/mol. The van der Waals surface area contributed by atoms with Crippen LogP contribution >= 0.6 is 0 Å². The first-order chi connectivity index (χ1) is 7.28. The molecule has 1 rings (SSSR count). The third-order valence-corrected chi connectivity index (χ3v) is 1.43. The molecule has 0 aliphatic heterocycles. The SMILES string of the molecule is COC.N#Cc1cccc(C=CCO)c1. The molecule has 80 valence electrons. The quantitative estimate of drug-likeness (QED) is 0.801. The zero-order valence-corrected chi connectivity index (χ0v) is 8.97. The molecule has 0 spiro atoms. The Morgan fingerprint density at radius 1 is 1.47 bits per heavy atom. The number of nitriles is 1. The molecule has 0 fully saturated rings. The van der Waals surface area contributed by atoms with Gasteiger partial charge in [0, 0.05) is 14.2 Å². The van der Waals surface area contributed by atoms with E-state index in [9.17, 15) is 0 Å². The first kappa shape index (κ1) is 13.4. The largest absolute Gasteiger partial charge is 0.392 e. The van der Waals surface area contributed by atoms with E-state index in [-0.39, 0.29) is 6.61 Å². The van der Waals surface area contributed by atoms with E-state index in [2.05, 4.69) is 4.74 Å². The predicted molar refractivity (Wildman–Crippen MR) is 60.2 cm³/mol. The van der Waals surface area contributed by atoms with Crippen molar-refractivity contribution in [2.24, 2.45) is 0 Å². The van der Waals surface area contributed by atoms with Gasteiger partial charge in [0.05, 0.1) is 18.2 Å². The van der Waals surface area contributed by atoms with Crippen LogP contribution in [0.5, 0.6) is 0 Å². The Kier molecular flexibility index (Phi) is 7.97. The van der Waals surface area contributed by atoms with Gasteiger partial charge in [-0.15, -0.1) is 0 Å². The lowest BCUT2D eigenvalue weighted by Crippen LogP contribution is -1.77. The Bertz CT molecular complexity index is 340. The molecule has 0 bridgehead atoms. The number of ether oxygens (including phenoxy) is 1. The smallest absolute Gasteiger partial charge is 0.0991 e. The fourth-order valence-electron chi connectivity index (χ4n) is 0.901. The summed E-state index contributed by atoms with van der Waals surface area (Å²) < 4.78 is 4.25. The van der Waals surface area contributed by atoms with Gasteiger partial charge in [0.15, 0.2) is 0 Å². The fraction of sp³-hybridized carbons (Fsp3) is 0.250. The molecule has 0 unspecified atom stereocenters. The van der Waals surface area contributed by atoms with Crippen LogP contribution in [0.4, 0.5) is 0 Å². The van der Waals surface area contributed by atoms with Gasteiger partial charge >= 0.3 is 0 Å². The fourth-order valence-corrected chi connectivity index (χ4v) is 0.901. The van der Waals surface area contributed by atoms with Gasteiger partial charge in [0.2, 0.25) is 0 Å². The van der Waals surface area contributed by atoms with E-state index >= 15 is 0 Å². The number of aliphatic hydroxyl groups excluding tert-OH is 1. The van der Waals surface area contributed by atoms with Crippen LogP contribution in [0.1, 0.15) is 11.1 Å². The van der Waals surface area contributed by atoms with Crippen molar-refractivity contribution in [2.75, 3.05) is 20.8 Å². The first-order valence-corrected chi connectivity index (χ1v) is 4.46. The molecule has 0 radical (unpaired) electrons. The lowest BCUT2D eigenvalue weighted by atomic mass is 10.1. The second kappa shape index (κ2) is 8.95. The highest BCUT2D eigenvalue weighted by Crippen LogP contribution is 2.05. The molecule has 0 amide bonds. The van der Waals surface area contributed by atoms with Gasteiger partial charge in [-0.3, -0.25) is 0 Å². The van der Waals surface area contributed by atoms with Crippen molar-refractivity contribution in [1.29, 1.82) is 5.26 Å². The minimum atomic E-state index is 0.0246. The summed E-state index contributed by atoms with van der Waals surface area (Å²) in [5, 5.41) is 17.1. The molecule has 0 saturated heterocycles. The molecule has 0 aliphatic carbocycles. The topological polar surface area (TPSA) is 53.2 Å². The summed E-state index contributed by atoms with van der Waals surface area (Å²) in [6.07, 6.45) is 3.41. The number of aliphatic hydroxyl groups is 1. The second-order valence-electron chi connectivity index (χ2n) is 2.73. The van der Waals surface area contributed by atoms with Crippen molar-refractivity contribution < 1.29 is 9.84 Å². The number of benzene rings is 1. The van der Waals surface area contributed by atoms with Crippen molar-refractivity contribution in [3.05, 3.63) is 41.5 Å². The third kappa shape index (κ3) is 6.44. The maximum absolute atomic E-state index is 8.56. The molecule has 3 heteroatoms. The van der Waals surface area contributed by atoms with Gasteiger partial charge in [-0.25, -0.2) is 0 Å². The summed E-state index contributed by atoms with van der Waals surface area (Å²) in [6, 6.07) is 9.26. The lowest BCUT2D eigenvalue weighted by Gasteiger charge is -1.92. The molecule has 15 heavy (non-hydrogen) atoms. The monoisotopic (exact) mass is 205 g/mol. The highest BCUT2D eigenvalue weighted by Gasteiger charge is 1.89. The van der Waals surface area contributed by atoms with Crippen molar-refractivity contribution >= 4 is 6.08 Å². The number of rotatable bonds is 2. The molecule has 3 nitrogen and oxygen atoms in total. The molecule has 0 saturated carbocycles. The van der Waals surface area contributed by atoms with Crippen LogP contribution in [0.15, 0.2) is 30.3 Å². The molecule has 0 atom stereocenters. The van der Waals surface area contributed by atoms with Crippen LogP contribution in [-0.4, -0.2) is 25.9 Å².